The van der Waals surface area contributed by atoms with Gasteiger partial charge in [-0.15, -0.1) is 0 Å². The SMILES string of the molecule is CC(C)COC(=O)c1[nH]c2c(c1/C(N)=C/N(N)CC1CCN(CCNS(=O)(=O)C3C=CC(/C(C=N)=C/N)=CC3)CC1)=CC(F)=C=C=2. The number of hydrogen-bond acceptors (Lipinski definition) is 10. The van der Waals surface area contributed by atoms with Gasteiger partial charge < -0.3 is 36.5 Å². The molecule has 14 heteroatoms. The van der Waals surface area contributed by atoms with Gasteiger partial charge in [0.2, 0.25) is 10.0 Å². The molecule has 9 N–H and O–H groups in total. The van der Waals surface area contributed by atoms with Crippen molar-refractivity contribution in [2.75, 3.05) is 39.3 Å². The number of esters is 1. The van der Waals surface area contributed by atoms with Crippen LogP contribution in [0.1, 0.15) is 49.2 Å². The second kappa shape index (κ2) is 15.4. The van der Waals surface area contributed by atoms with Crippen molar-refractivity contribution < 1.29 is 22.3 Å². The fourth-order valence-corrected chi connectivity index (χ4v) is 6.75. The number of nitrogens with two attached hydrogens (primary N) is 3. The summed E-state index contributed by atoms with van der Waals surface area (Å²) in [6.45, 7) is 7.02. The highest BCUT2D eigenvalue weighted by Crippen LogP contribution is 2.21. The smallest absolute Gasteiger partial charge is 0.355 e. The van der Waals surface area contributed by atoms with Gasteiger partial charge >= 0.3 is 5.97 Å². The van der Waals surface area contributed by atoms with E-state index in [4.69, 9.17) is 27.5 Å². The maximum atomic E-state index is 14.1. The van der Waals surface area contributed by atoms with Crippen molar-refractivity contribution in [1.29, 1.82) is 5.41 Å². The van der Waals surface area contributed by atoms with E-state index >= 15 is 0 Å². The molecule has 0 aromatic carbocycles. The molecule has 4 rings (SSSR count). The number of nitrogens with zero attached hydrogens (tertiary/aromatic N) is 2. The van der Waals surface area contributed by atoms with Gasteiger partial charge in [0.1, 0.15) is 5.69 Å². The van der Waals surface area contributed by atoms with Crippen LogP contribution >= 0.6 is 0 Å². The molecule has 2 heterocycles. The normalized spacial score (nSPS) is 19.2. The monoisotopic (exact) mass is 654 g/mol. The first kappa shape index (κ1) is 34.7. The van der Waals surface area contributed by atoms with Gasteiger partial charge in [0.15, 0.2) is 5.83 Å². The highest BCUT2D eigenvalue weighted by Gasteiger charge is 2.26. The molecule has 2 aliphatic carbocycles. The summed E-state index contributed by atoms with van der Waals surface area (Å²) in [6, 6.07) is 0. The molecule has 0 bridgehead atoms. The molecule has 1 saturated heterocycles. The number of carbonyl (C=O) groups is 1. The summed E-state index contributed by atoms with van der Waals surface area (Å²) in [5.41, 5.74) is 18.8. The summed E-state index contributed by atoms with van der Waals surface area (Å²) >= 11 is 0. The molecule has 1 aliphatic heterocycles. The summed E-state index contributed by atoms with van der Waals surface area (Å²) in [4.78, 5) is 18.0. The molecular weight excluding hydrogens is 611 g/mol. The third-order valence-corrected chi connectivity index (χ3v) is 9.75. The van der Waals surface area contributed by atoms with Gasteiger partial charge in [0.05, 0.1) is 22.9 Å². The van der Waals surface area contributed by atoms with E-state index in [0.717, 1.165) is 37.7 Å². The number of ether oxygens (including phenoxy) is 1. The first-order chi connectivity index (χ1) is 21.9. The van der Waals surface area contributed by atoms with E-state index in [1.54, 1.807) is 18.2 Å². The highest BCUT2D eigenvalue weighted by atomic mass is 32.2. The summed E-state index contributed by atoms with van der Waals surface area (Å²) in [6.07, 6.45) is 12.3. The van der Waals surface area contributed by atoms with Crippen molar-refractivity contribution in [3.63, 3.8) is 0 Å². The third kappa shape index (κ3) is 8.76. The van der Waals surface area contributed by atoms with Gasteiger partial charge in [-0.05, 0) is 67.3 Å². The van der Waals surface area contributed by atoms with Gasteiger partial charge in [-0.3, -0.25) is 0 Å². The number of likely N-dealkylation sites (tertiary alicyclic amines) is 1. The zero-order valence-corrected chi connectivity index (χ0v) is 27.0. The van der Waals surface area contributed by atoms with Crippen LogP contribution in [0.25, 0.3) is 17.5 Å². The minimum absolute atomic E-state index is 0.0957. The molecule has 0 amide bonds. The number of rotatable bonds is 14. The zero-order chi connectivity index (χ0) is 33.4. The van der Waals surface area contributed by atoms with E-state index in [1.165, 1.54) is 23.5 Å². The number of halogens is 1. The number of nitrogens with one attached hydrogen (secondary N) is 3. The number of H-pyrrole nitrogens is 1. The van der Waals surface area contributed by atoms with Gasteiger partial charge in [-0.2, -0.15) is 4.39 Å². The Balaban J connectivity index is 1.29. The third-order valence-electron chi connectivity index (χ3n) is 8.00. The number of piperidine rings is 1. The number of fused-ring (bicyclic) bond motifs is 1. The van der Waals surface area contributed by atoms with Crippen molar-refractivity contribution >= 4 is 39.7 Å². The van der Waals surface area contributed by atoms with E-state index < -0.39 is 27.1 Å². The molecule has 0 spiro atoms. The number of hydrazine groups is 1. The van der Waals surface area contributed by atoms with Crippen LogP contribution in [0.15, 0.2) is 53.3 Å². The Bertz CT molecular complexity index is 1750. The number of aromatic amines is 1. The number of carbonyl (C=O) groups excluding carboxylic acids is 1. The Kier molecular flexibility index (Phi) is 11.6. The lowest BCUT2D eigenvalue weighted by atomic mass is 9.96. The van der Waals surface area contributed by atoms with Crippen molar-refractivity contribution in [2.24, 2.45) is 29.1 Å². The fourth-order valence-electron chi connectivity index (χ4n) is 5.52. The van der Waals surface area contributed by atoms with Crippen molar-refractivity contribution in [1.82, 2.24) is 19.6 Å². The van der Waals surface area contributed by atoms with Crippen molar-refractivity contribution in [3.05, 3.63) is 75.2 Å². The molecule has 0 saturated carbocycles. The summed E-state index contributed by atoms with van der Waals surface area (Å²) < 4.78 is 47.8. The summed E-state index contributed by atoms with van der Waals surface area (Å²) in [7, 11) is -3.55. The standard InChI is InChI=1S/C32H43FN8O4S/c1-21(2)20-45-32(42)31-30(27-15-25(33)5-8-29(27)39-31)28(36)19-41(37)18-22-9-12-40(13-10-22)14-11-38-46(43,44)26-6-3-23(4-7-26)24(16-34)17-35/h3-4,6,15-17,19,21-22,26,34,38-39H,7,9-14,18,20,35-37H2,1-2H3/b24-17+,28-19-,34-16?. The Morgan fingerprint density at radius 1 is 1.33 bits per heavy atom. The second-order valence-corrected chi connectivity index (χ2v) is 13.9. The zero-order valence-electron chi connectivity index (χ0n) is 26.2. The molecule has 1 aromatic rings. The first-order valence-corrected chi connectivity index (χ1v) is 16.8. The summed E-state index contributed by atoms with van der Waals surface area (Å²) in [5, 5.41) is 8.96. The van der Waals surface area contributed by atoms with Gasteiger partial charge in [-0.1, -0.05) is 32.1 Å². The van der Waals surface area contributed by atoms with E-state index in [1.807, 2.05) is 13.8 Å². The topological polar surface area (TPSA) is 197 Å². The average molecular weight is 655 g/mol. The van der Waals surface area contributed by atoms with E-state index in [2.05, 4.69) is 26.1 Å². The van der Waals surface area contributed by atoms with Crippen LogP contribution < -0.4 is 32.6 Å². The van der Waals surface area contributed by atoms with Gasteiger partial charge in [-0.25, -0.2) is 23.8 Å². The van der Waals surface area contributed by atoms with Crippen LogP contribution in [0.3, 0.4) is 0 Å². The molecule has 1 aromatic heterocycles. The van der Waals surface area contributed by atoms with Crippen LogP contribution in [0, 0.1) is 17.2 Å². The van der Waals surface area contributed by atoms with Crippen molar-refractivity contribution in [2.45, 2.75) is 38.4 Å². The lowest BCUT2D eigenvalue weighted by Crippen LogP contribution is -2.43. The van der Waals surface area contributed by atoms with Gasteiger partial charge in [0, 0.05) is 54.6 Å². The molecule has 46 heavy (non-hydrogen) atoms. The predicted octanol–water partition coefficient (Wildman–Crippen LogP) is 0.821. The Hall–Kier alpha value is -4.16. The largest absolute Gasteiger partial charge is 0.461 e. The maximum absolute atomic E-state index is 14.1. The molecule has 248 valence electrons. The highest BCUT2D eigenvalue weighted by molar-refractivity contribution is 7.90. The first-order valence-electron chi connectivity index (χ1n) is 15.2. The maximum Gasteiger partial charge on any atom is 0.355 e. The van der Waals surface area contributed by atoms with Crippen LogP contribution in [0.4, 0.5) is 4.39 Å². The number of sulfonamides is 1. The quantitative estimate of drug-likeness (QED) is 0.0553. The van der Waals surface area contributed by atoms with Crippen LogP contribution in [0.2, 0.25) is 0 Å². The van der Waals surface area contributed by atoms with Gasteiger partial charge in [0.25, 0.3) is 0 Å². The second-order valence-electron chi connectivity index (χ2n) is 12.0. The molecule has 1 atom stereocenters. The minimum atomic E-state index is -3.55. The molecule has 12 nitrogen and oxygen atoms in total. The Labute approximate surface area is 268 Å². The lowest BCUT2D eigenvalue weighted by Gasteiger charge is -2.33. The van der Waals surface area contributed by atoms with E-state index in [9.17, 15) is 17.6 Å². The summed E-state index contributed by atoms with van der Waals surface area (Å²) in [5.74, 6) is 5.48. The molecule has 3 aliphatic rings. The fraction of sp³-hybridized carbons (Fsp3) is 0.438. The van der Waals surface area contributed by atoms with E-state index in [0.29, 0.717) is 47.8 Å². The van der Waals surface area contributed by atoms with Crippen LogP contribution in [-0.2, 0) is 14.8 Å². The average Bonchev–Trinajstić information content (AvgIpc) is 3.40. The molecule has 1 fully saturated rings. The van der Waals surface area contributed by atoms with Crippen LogP contribution in [0.5, 0.6) is 0 Å². The molecular formula is C32H43FN8O4S. The number of hydrogen-bond donors (Lipinski definition) is 6. The lowest BCUT2D eigenvalue weighted by molar-refractivity contribution is 0.0452. The molecule has 0 radical (unpaired) electrons. The minimum Gasteiger partial charge on any atom is -0.461 e. The van der Waals surface area contributed by atoms with E-state index in [-0.39, 0.29) is 29.8 Å². The van der Waals surface area contributed by atoms with Crippen LogP contribution in [-0.4, -0.2) is 80.1 Å². The van der Waals surface area contributed by atoms with Crippen molar-refractivity contribution in [3.8, 4) is 0 Å². The molecule has 1 unspecified atom stereocenters. The Morgan fingerprint density at radius 3 is 2.70 bits per heavy atom. The number of allylic oxidation sites excluding steroid dienone is 5. The Morgan fingerprint density at radius 2 is 2.07 bits per heavy atom. The predicted molar refractivity (Wildman–Crippen MR) is 177 cm³/mol. The number of aromatic nitrogens is 1.